The molecule has 0 bridgehead atoms. The van der Waals surface area contributed by atoms with Crippen LogP contribution in [-0.2, 0) is 4.79 Å². The summed E-state index contributed by atoms with van der Waals surface area (Å²) in [6.45, 7) is 8.93. The smallest absolute Gasteiger partial charge is 0.223 e. The molecule has 1 fully saturated rings. The Bertz CT molecular complexity index is 715. The quantitative estimate of drug-likeness (QED) is 0.678. The van der Waals surface area contributed by atoms with Crippen molar-refractivity contribution in [3.63, 3.8) is 0 Å². The van der Waals surface area contributed by atoms with Gasteiger partial charge in [-0.15, -0.1) is 23.1 Å². The molecule has 0 saturated carbocycles. The van der Waals surface area contributed by atoms with Gasteiger partial charge in [-0.3, -0.25) is 4.79 Å². The van der Waals surface area contributed by atoms with Crippen LogP contribution in [0.25, 0.3) is 10.2 Å². The van der Waals surface area contributed by atoms with Crippen LogP contribution in [0.15, 0.2) is 11.4 Å². The topological polar surface area (TPSA) is 58.1 Å². The van der Waals surface area contributed by atoms with E-state index < -0.39 is 0 Å². The second-order valence-corrected chi connectivity index (χ2v) is 8.17. The van der Waals surface area contributed by atoms with Gasteiger partial charge in [0.05, 0.1) is 0 Å². The third-order valence-electron chi connectivity index (χ3n) is 4.31. The second-order valence-electron chi connectivity index (χ2n) is 5.88. The number of aromatic nitrogens is 2. The van der Waals surface area contributed by atoms with Gasteiger partial charge < -0.3 is 10.2 Å². The highest BCUT2D eigenvalue weighted by atomic mass is 32.2. The third kappa shape index (κ3) is 3.51. The third-order valence-corrected chi connectivity index (χ3v) is 6.41. The SMILES string of the molecule is Cc1sc2ncnc(SCCC(=O)N3CCNC[C@H]3C)c2c1C. The van der Waals surface area contributed by atoms with Crippen molar-refractivity contribution >= 4 is 39.2 Å². The van der Waals surface area contributed by atoms with Crippen molar-refractivity contribution in [2.75, 3.05) is 25.4 Å². The molecule has 3 rings (SSSR count). The van der Waals surface area contributed by atoms with Crippen molar-refractivity contribution < 1.29 is 4.79 Å². The zero-order chi connectivity index (χ0) is 16.4. The van der Waals surface area contributed by atoms with Gasteiger partial charge in [0.2, 0.25) is 5.91 Å². The highest BCUT2D eigenvalue weighted by molar-refractivity contribution is 7.99. The molecule has 1 saturated heterocycles. The Hall–Kier alpha value is -1.18. The molecule has 1 N–H and O–H groups in total. The van der Waals surface area contributed by atoms with E-state index in [0.717, 1.165) is 40.6 Å². The number of aryl methyl sites for hydroxylation is 2. The van der Waals surface area contributed by atoms with Crippen molar-refractivity contribution in [1.29, 1.82) is 0 Å². The molecular formula is C16H22N4OS2. The minimum absolute atomic E-state index is 0.245. The van der Waals surface area contributed by atoms with Crippen LogP contribution in [-0.4, -0.2) is 52.2 Å². The predicted octanol–water partition coefficient (Wildman–Crippen LogP) is 2.61. The standard InChI is InChI=1S/C16H22N4OS2/c1-10-8-17-5-6-20(10)13(21)4-7-22-15-14-11(2)12(3)23-16(14)19-9-18-15/h9-10,17H,4-8H2,1-3H3/t10-/m1/s1. The summed E-state index contributed by atoms with van der Waals surface area (Å²) in [6.07, 6.45) is 2.18. The van der Waals surface area contributed by atoms with Gasteiger partial charge in [-0.2, -0.15) is 0 Å². The molecule has 23 heavy (non-hydrogen) atoms. The molecule has 2 aromatic rings. The molecule has 5 nitrogen and oxygen atoms in total. The lowest BCUT2D eigenvalue weighted by Crippen LogP contribution is -2.52. The van der Waals surface area contributed by atoms with E-state index in [9.17, 15) is 4.79 Å². The number of carbonyl (C=O) groups excluding carboxylic acids is 1. The molecule has 3 heterocycles. The van der Waals surface area contributed by atoms with E-state index in [-0.39, 0.29) is 11.9 Å². The number of rotatable bonds is 4. The van der Waals surface area contributed by atoms with Crippen LogP contribution in [0.4, 0.5) is 0 Å². The summed E-state index contributed by atoms with van der Waals surface area (Å²) in [6, 6.07) is 0.286. The van der Waals surface area contributed by atoms with E-state index >= 15 is 0 Å². The van der Waals surface area contributed by atoms with Gasteiger partial charge in [-0.05, 0) is 26.3 Å². The summed E-state index contributed by atoms with van der Waals surface area (Å²) in [5, 5.41) is 5.47. The Morgan fingerprint density at radius 1 is 1.48 bits per heavy atom. The molecule has 0 spiro atoms. The molecule has 1 amide bonds. The molecule has 2 aromatic heterocycles. The van der Waals surface area contributed by atoms with Crippen LogP contribution in [0, 0.1) is 13.8 Å². The van der Waals surface area contributed by atoms with Crippen molar-refractivity contribution in [3.05, 3.63) is 16.8 Å². The Morgan fingerprint density at radius 2 is 2.30 bits per heavy atom. The van der Waals surface area contributed by atoms with Crippen LogP contribution in [0.5, 0.6) is 0 Å². The first-order chi connectivity index (χ1) is 11.1. The molecule has 1 atom stereocenters. The predicted molar refractivity (Wildman–Crippen MR) is 96.3 cm³/mol. The number of thioether (sulfide) groups is 1. The Kier molecular flexibility index (Phi) is 5.18. The summed E-state index contributed by atoms with van der Waals surface area (Å²) < 4.78 is 0. The normalized spacial score (nSPS) is 18.6. The number of piperazine rings is 1. The number of carbonyl (C=O) groups is 1. The molecule has 0 unspecified atom stereocenters. The van der Waals surface area contributed by atoms with E-state index in [1.807, 2.05) is 4.90 Å². The molecule has 0 aromatic carbocycles. The van der Waals surface area contributed by atoms with E-state index in [0.29, 0.717) is 6.42 Å². The highest BCUT2D eigenvalue weighted by Crippen LogP contribution is 2.34. The van der Waals surface area contributed by atoms with Crippen LogP contribution in [0.1, 0.15) is 23.8 Å². The summed E-state index contributed by atoms with van der Waals surface area (Å²) in [5.74, 6) is 1.01. The van der Waals surface area contributed by atoms with Gasteiger partial charge in [0.25, 0.3) is 0 Å². The van der Waals surface area contributed by atoms with E-state index in [1.54, 1.807) is 29.4 Å². The molecule has 0 aliphatic carbocycles. The van der Waals surface area contributed by atoms with Gasteiger partial charge in [0.1, 0.15) is 16.2 Å². The first-order valence-electron chi connectivity index (χ1n) is 7.91. The van der Waals surface area contributed by atoms with Crippen molar-refractivity contribution in [1.82, 2.24) is 20.2 Å². The van der Waals surface area contributed by atoms with E-state index in [4.69, 9.17) is 0 Å². The lowest BCUT2D eigenvalue weighted by Gasteiger charge is -2.34. The lowest BCUT2D eigenvalue weighted by atomic mass is 10.2. The van der Waals surface area contributed by atoms with Crippen molar-refractivity contribution in [2.45, 2.75) is 38.3 Å². The maximum absolute atomic E-state index is 12.4. The number of amides is 1. The maximum Gasteiger partial charge on any atom is 0.223 e. The summed E-state index contributed by atoms with van der Waals surface area (Å²) in [5.41, 5.74) is 1.26. The fourth-order valence-corrected chi connectivity index (χ4v) is 4.90. The maximum atomic E-state index is 12.4. The van der Waals surface area contributed by atoms with Crippen molar-refractivity contribution in [2.24, 2.45) is 0 Å². The number of fused-ring (bicyclic) bond motifs is 1. The molecule has 0 radical (unpaired) electrons. The molecule has 124 valence electrons. The second kappa shape index (κ2) is 7.15. The molecular weight excluding hydrogens is 328 g/mol. The Morgan fingerprint density at radius 3 is 3.09 bits per heavy atom. The number of nitrogens with one attached hydrogen (secondary N) is 1. The molecule has 7 heteroatoms. The lowest BCUT2D eigenvalue weighted by molar-refractivity contribution is -0.133. The summed E-state index contributed by atoms with van der Waals surface area (Å²) in [7, 11) is 0. The fourth-order valence-electron chi connectivity index (χ4n) is 2.85. The highest BCUT2D eigenvalue weighted by Gasteiger charge is 2.22. The first-order valence-corrected chi connectivity index (χ1v) is 9.72. The summed E-state index contributed by atoms with van der Waals surface area (Å²) in [4.78, 5) is 25.5. The van der Waals surface area contributed by atoms with Crippen LogP contribution >= 0.6 is 23.1 Å². The van der Waals surface area contributed by atoms with Gasteiger partial charge in [0, 0.05) is 48.1 Å². The zero-order valence-electron chi connectivity index (χ0n) is 13.8. The number of hydrogen-bond donors (Lipinski definition) is 1. The van der Waals surface area contributed by atoms with Crippen LogP contribution < -0.4 is 5.32 Å². The van der Waals surface area contributed by atoms with Gasteiger partial charge in [-0.1, -0.05) is 0 Å². The van der Waals surface area contributed by atoms with E-state index in [2.05, 4.69) is 36.1 Å². The minimum atomic E-state index is 0.245. The monoisotopic (exact) mass is 350 g/mol. The zero-order valence-corrected chi connectivity index (χ0v) is 15.4. The van der Waals surface area contributed by atoms with Gasteiger partial charge in [-0.25, -0.2) is 9.97 Å². The van der Waals surface area contributed by atoms with Crippen LogP contribution in [0.3, 0.4) is 0 Å². The molecule has 1 aliphatic heterocycles. The Labute approximate surface area is 144 Å². The summed E-state index contributed by atoms with van der Waals surface area (Å²) >= 11 is 3.37. The average molecular weight is 351 g/mol. The van der Waals surface area contributed by atoms with E-state index in [1.165, 1.54) is 10.4 Å². The Balaban J connectivity index is 1.64. The van der Waals surface area contributed by atoms with Gasteiger partial charge >= 0.3 is 0 Å². The number of nitrogens with zero attached hydrogens (tertiary/aromatic N) is 3. The average Bonchev–Trinajstić information content (AvgIpc) is 2.83. The fraction of sp³-hybridized carbons (Fsp3) is 0.562. The minimum Gasteiger partial charge on any atom is -0.337 e. The first kappa shape index (κ1) is 16.7. The molecule has 1 aliphatic rings. The van der Waals surface area contributed by atoms with Gasteiger partial charge in [0.15, 0.2) is 0 Å². The van der Waals surface area contributed by atoms with Crippen molar-refractivity contribution in [3.8, 4) is 0 Å². The largest absolute Gasteiger partial charge is 0.337 e. The van der Waals surface area contributed by atoms with Crippen LogP contribution in [0.2, 0.25) is 0 Å². The number of hydrogen-bond acceptors (Lipinski definition) is 6. The number of thiophene rings is 1.